The van der Waals surface area contributed by atoms with Gasteiger partial charge in [0.1, 0.15) is 18.3 Å². The summed E-state index contributed by atoms with van der Waals surface area (Å²) in [7, 11) is 0. The highest BCUT2D eigenvalue weighted by Crippen LogP contribution is 2.33. The van der Waals surface area contributed by atoms with Crippen LogP contribution < -0.4 is 0 Å². The third-order valence-corrected chi connectivity index (χ3v) is 5.06. The van der Waals surface area contributed by atoms with Crippen molar-refractivity contribution in [1.29, 1.82) is 0 Å². The zero-order chi connectivity index (χ0) is 14.6. The largest absolute Gasteiger partial charge is 0.383 e. The zero-order valence-corrected chi connectivity index (χ0v) is 15.1. The monoisotopic (exact) mass is 463 g/mol. The van der Waals surface area contributed by atoms with Crippen molar-refractivity contribution in [3.05, 3.63) is 56.4 Å². The molecule has 2 rings (SSSR count). The van der Waals surface area contributed by atoms with Crippen molar-refractivity contribution in [2.24, 2.45) is 0 Å². The Bertz CT molecular complexity index is 583. The van der Waals surface area contributed by atoms with Gasteiger partial charge in [0, 0.05) is 15.4 Å². The van der Waals surface area contributed by atoms with Crippen molar-refractivity contribution in [1.82, 2.24) is 14.8 Å². The van der Waals surface area contributed by atoms with Gasteiger partial charge in [0.15, 0.2) is 0 Å². The van der Waals surface area contributed by atoms with Crippen LogP contribution in [0.2, 0.25) is 0 Å². The van der Waals surface area contributed by atoms with Gasteiger partial charge in [-0.2, -0.15) is 5.10 Å². The summed E-state index contributed by atoms with van der Waals surface area (Å²) in [5, 5.41) is 15.1. The van der Waals surface area contributed by atoms with Gasteiger partial charge in [-0.15, -0.1) is 0 Å². The van der Waals surface area contributed by atoms with Crippen LogP contribution >= 0.6 is 47.8 Å². The van der Waals surface area contributed by atoms with Crippen molar-refractivity contribution in [2.75, 3.05) is 0 Å². The minimum absolute atomic E-state index is 0.324. The number of halogens is 3. The van der Waals surface area contributed by atoms with Crippen molar-refractivity contribution in [2.45, 2.75) is 18.6 Å². The van der Waals surface area contributed by atoms with E-state index in [2.05, 4.69) is 57.9 Å². The molecular formula is C13H12Br3N3O. The first-order valence-electron chi connectivity index (χ1n) is 5.79. The molecule has 4 nitrogen and oxygen atoms in total. The van der Waals surface area contributed by atoms with E-state index in [0.717, 1.165) is 14.5 Å². The van der Waals surface area contributed by atoms with E-state index in [4.69, 9.17) is 0 Å². The fourth-order valence-electron chi connectivity index (χ4n) is 1.91. The van der Waals surface area contributed by atoms with Gasteiger partial charge in [-0.1, -0.05) is 59.9 Å². The zero-order valence-electron chi connectivity index (χ0n) is 10.4. The molecule has 1 aromatic heterocycles. The molecule has 1 atom stereocenters. The van der Waals surface area contributed by atoms with Gasteiger partial charge in [0.05, 0.1) is 6.54 Å². The smallest absolute Gasteiger partial charge is 0.137 e. The maximum absolute atomic E-state index is 11.1. The third kappa shape index (κ3) is 4.00. The molecule has 1 N–H and O–H groups in total. The molecule has 0 saturated carbocycles. The molecule has 1 heterocycles. The standard InChI is InChI=1S/C13H12Br3N3O/c14-6-12(16)5-13(20,7-19-9-17-8-18-19)10-1-3-11(15)4-2-10/h1-4,6,8-9,20H,5,7H2. The van der Waals surface area contributed by atoms with Crippen LogP contribution in [0.1, 0.15) is 12.0 Å². The van der Waals surface area contributed by atoms with Gasteiger partial charge in [-0.3, -0.25) is 0 Å². The molecule has 0 amide bonds. The summed E-state index contributed by atoms with van der Waals surface area (Å²) >= 11 is 10.1. The van der Waals surface area contributed by atoms with Crippen LogP contribution in [0, 0.1) is 0 Å². The highest BCUT2D eigenvalue weighted by molar-refractivity contribution is 9.14. The highest BCUT2D eigenvalue weighted by Gasteiger charge is 2.31. The van der Waals surface area contributed by atoms with Gasteiger partial charge >= 0.3 is 0 Å². The van der Waals surface area contributed by atoms with Crippen LogP contribution in [-0.4, -0.2) is 19.9 Å². The lowest BCUT2D eigenvalue weighted by Crippen LogP contribution is -2.32. The van der Waals surface area contributed by atoms with E-state index in [1.54, 1.807) is 16.0 Å². The van der Waals surface area contributed by atoms with Crippen LogP contribution in [0.4, 0.5) is 0 Å². The molecule has 0 aliphatic carbocycles. The summed E-state index contributed by atoms with van der Waals surface area (Å²) in [6.45, 7) is 0.324. The van der Waals surface area contributed by atoms with Gasteiger partial charge < -0.3 is 5.11 Å². The first kappa shape index (κ1) is 15.9. The first-order valence-corrected chi connectivity index (χ1v) is 8.29. The van der Waals surface area contributed by atoms with E-state index in [1.807, 2.05) is 24.3 Å². The number of nitrogens with zero attached hydrogens (tertiary/aromatic N) is 3. The minimum atomic E-state index is -1.07. The molecule has 20 heavy (non-hydrogen) atoms. The van der Waals surface area contributed by atoms with E-state index >= 15 is 0 Å². The predicted molar refractivity (Wildman–Crippen MR) is 88.6 cm³/mol. The lowest BCUT2D eigenvalue weighted by atomic mass is 9.90. The molecule has 0 saturated heterocycles. The summed E-state index contributed by atoms with van der Waals surface area (Å²) in [6.07, 6.45) is 3.48. The number of hydrogen-bond donors (Lipinski definition) is 1. The van der Waals surface area contributed by atoms with Crippen LogP contribution in [-0.2, 0) is 12.1 Å². The van der Waals surface area contributed by atoms with E-state index in [0.29, 0.717) is 13.0 Å². The number of hydrogen-bond acceptors (Lipinski definition) is 3. The van der Waals surface area contributed by atoms with Crippen LogP contribution in [0.5, 0.6) is 0 Å². The Morgan fingerprint density at radius 3 is 2.60 bits per heavy atom. The molecule has 0 spiro atoms. The summed E-state index contributed by atoms with van der Waals surface area (Å²) in [4.78, 5) is 5.66. The summed E-state index contributed by atoms with van der Waals surface area (Å²) < 4.78 is 3.46. The number of rotatable bonds is 5. The Balaban J connectivity index is 2.34. The van der Waals surface area contributed by atoms with Gasteiger partial charge in [0.25, 0.3) is 0 Å². The van der Waals surface area contributed by atoms with Crippen molar-refractivity contribution in [3.8, 4) is 0 Å². The molecule has 1 aromatic carbocycles. The topological polar surface area (TPSA) is 50.9 Å². The lowest BCUT2D eigenvalue weighted by molar-refractivity contribution is 0.0171. The normalized spacial score (nSPS) is 15.1. The van der Waals surface area contributed by atoms with Crippen LogP contribution in [0.3, 0.4) is 0 Å². The Morgan fingerprint density at radius 2 is 2.05 bits per heavy atom. The molecule has 1 unspecified atom stereocenters. The van der Waals surface area contributed by atoms with E-state index in [1.165, 1.54) is 6.33 Å². The molecule has 0 fully saturated rings. The van der Waals surface area contributed by atoms with Crippen molar-refractivity contribution >= 4 is 47.8 Å². The maximum Gasteiger partial charge on any atom is 0.137 e. The van der Waals surface area contributed by atoms with Gasteiger partial charge in [-0.25, -0.2) is 9.67 Å². The average molecular weight is 466 g/mol. The van der Waals surface area contributed by atoms with Crippen LogP contribution in [0.25, 0.3) is 0 Å². The molecule has 0 aliphatic rings. The van der Waals surface area contributed by atoms with E-state index in [-0.39, 0.29) is 0 Å². The molecule has 106 valence electrons. The second-order valence-electron chi connectivity index (χ2n) is 4.36. The fraction of sp³-hybridized carbons (Fsp3) is 0.231. The first-order chi connectivity index (χ1) is 9.53. The van der Waals surface area contributed by atoms with Crippen molar-refractivity contribution in [3.63, 3.8) is 0 Å². The predicted octanol–water partition coefficient (Wildman–Crippen LogP) is 3.95. The number of aliphatic hydroxyl groups is 1. The molecule has 0 radical (unpaired) electrons. The summed E-state index contributed by atoms with van der Waals surface area (Å²) in [5.41, 5.74) is -0.250. The van der Waals surface area contributed by atoms with Crippen LogP contribution in [0.15, 0.2) is 50.9 Å². The maximum atomic E-state index is 11.1. The number of benzene rings is 1. The highest BCUT2D eigenvalue weighted by atomic mass is 79.9. The average Bonchev–Trinajstić information content (AvgIpc) is 2.91. The Morgan fingerprint density at radius 1 is 1.35 bits per heavy atom. The Kier molecular flexibility index (Phi) is 5.54. The van der Waals surface area contributed by atoms with Gasteiger partial charge in [-0.05, 0) is 22.7 Å². The molecule has 0 aliphatic heterocycles. The minimum Gasteiger partial charge on any atom is -0.383 e. The Labute approximate surface area is 142 Å². The quantitative estimate of drug-likeness (QED) is 0.727. The SMILES string of the molecule is OC(CC(Br)=CBr)(Cn1cncn1)c1ccc(Br)cc1. The third-order valence-electron chi connectivity index (χ3n) is 2.85. The summed E-state index contributed by atoms with van der Waals surface area (Å²) in [5.74, 6) is 0. The second kappa shape index (κ2) is 6.98. The van der Waals surface area contributed by atoms with Gasteiger partial charge in [0.2, 0.25) is 0 Å². The molecular weight excluding hydrogens is 454 g/mol. The summed E-state index contributed by atoms with van der Waals surface area (Å²) in [6, 6.07) is 7.62. The molecule has 2 aromatic rings. The van der Waals surface area contributed by atoms with E-state index < -0.39 is 5.60 Å². The molecule has 0 bridgehead atoms. The second-order valence-corrected chi connectivity index (χ2v) is 6.76. The number of aromatic nitrogens is 3. The Hall–Kier alpha value is -0.500. The lowest BCUT2D eigenvalue weighted by Gasteiger charge is -2.28. The molecule has 7 heteroatoms. The fourth-order valence-corrected chi connectivity index (χ4v) is 2.80. The van der Waals surface area contributed by atoms with Crippen molar-refractivity contribution < 1.29 is 5.11 Å². The van der Waals surface area contributed by atoms with E-state index in [9.17, 15) is 5.11 Å².